The summed E-state index contributed by atoms with van der Waals surface area (Å²) in [6.07, 6.45) is -0.897. The zero-order chi connectivity index (χ0) is 12.7. The van der Waals surface area contributed by atoms with E-state index in [2.05, 4.69) is 10.1 Å². The van der Waals surface area contributed by atoms with Gasteiger partial charge in [0.15, 0.2) is 0 Å². The summed E-state index contributed by atoms with van der Waals surface area (Å²) in [7, 11) is 1.31. The molecule has 0 fully saturated rings. The Kier molecular flexibility index (Phi) is 5.62. The molecule has 0 saturated heterocycles. The van der Waals surface area contributed by atoms with E-state index in [4.69, 9.17) is 5.11 Å². The molecule has 0 spiro atoms. The number of esters is 1. The molecule has 3 N–H and O–H groups in total. The smallest absolute Gasteiger partial charge is 0.327 e. The van der Waals surface area contributed by atoms with Crippen LogP contribution >= 0.6 is 0 Å². The van der Waals surface area contributed by atoms with Crippen LogP contribution in [-0.4, -0.2) is 42.5 Å². The second-order valence-electron chi connectivity index (χ2n) is 3.61. The molecule has 1 rings (SSSR count). The largest absolute Gasteiger partial charge is 0.468 e. The molecule has 94 valence electrons. The van der Waals surface area contributed by atoms with Crippen LogP contribution < -0.4 is 5.32 Å². The van der Waals surface area contributed by atoms with Crippen LogP contribution in [0, 0.1) is 0 Å². The lowest BCUT2D eigenvalue weighted by Crippen LogP contribution is -2.36. The minimum absolute atomic E-state index is 0.116. The van der Waals surface area contributed by atoms with Gasteiger partial charge in [-0.25, -0.2) is 4.79 Å². The molecule has 0 heterocycles. The molecule has 0 aromatic heterocycles. The van der Waals surface area contributed by atoms with E-state index in [1.165, 1.54) is 7.11 Å². The summed E-state index contributed by atoms with van der Waals surface area (Å²) < 4.78 is 4.69. The number of benzene rings is 1. The van der Waals surface area contributed by atoms with Crippen molar-refractivity contribution in [2.24, 2.45) is 0 Å². The summed E-state index contributed by atoms with van der Waals surface area (Å²) in [4.78, 5) is 11.6. The number of hydrogen-bond acceptors (Lipinski definition) is 5. The Labute approximate surface area is 100 Å². The number of aliphatic hydroxyl groups excluding tert-OH is 2. The topological polar surface area (TPSA) is 78.8 Å². The first-order valence-corrected chi connectivity index (χ1v) is 5.34. The van der Waals surface area contributed by atoms with Crippen LogP contribution in [0.15, 0.2) is 30.3 Å². The second kappa shape index (κ2) is 7.01. The maximum absolute atomic E-state index is 11.6. The first-order chi connectivity index (χ1) is 8.19. The van der Waals surface area contributed by atoms with Crippen LogP contribution in [-0.2, 0) is 9.53 Å². The first kappa shape index (κ1) is 13.6. The highest BCUT2D eigenvalue weighted by Crippen LogP contribution is 2.13. The van der Waals surface area contributed by atoms with E-state index in [0.717, 1.165) is 5.56 Å². The third-order valence-electron chi connectivity index (χ3n) is 2.34. The van der Waals surface area contributed by atoms with Crippen molar-refractivity contribution in [3.8, 4) is 0 Å². The fourth-order valence-corrected chi connectivity index (χ4v) is 1.42. The third-order valence-corrected chi connectivity index (χ3v) is 2.34. The van der Waals surface area contributed by atoms with Gasteiger partial charge in [0.2, 0.25) is 0 Å². The van der Waals surface area contributed by atoms with E-state index in [1.807, 2.05) is 18.2 Å². The van der Waals surface area contributed by atoms with Crippen LogP contribution in [0.1, 0.15) is 11.6 Å². The maximum Gasteiger partial charge on any atom is 0.327 e. The summed E-state index contributed by atoms with van der Waals surface area (Å²) in [6.45, 7) is -0.235. The quantitative estimate of drug-likeness (QED) is 0.601. The summed E-state index contributed by atoms with van der Waals surface area (Å²) in [5.41, 5.74) is 0.754. The SMILES string of the molecule is COC(=O)C(NC[C@H](O)CO)c1ccccc1. The lowest BCUT2D eigenvalue weighted by Gasteiger charge is -2.18. The van der Waals surface area contributed by atoms with Gasteiger partial charge in [-0.05, 0) is 5.56 Å². The molecule has 0 radical (unpaired) electrons. The summed E-state index contributed by atoms with van der Waals surface area (Å²) in [5.74, 6) is -0.429. The summed E-state index contributed by atoms with van der Waals surface area (Å²) in [5, 5.41) is 20.8. The number of hydrogen-bond donors (Lipinski definition) is 3. The maximum atomic E-state index is 11.6. The standard InChI is InChI=1S/C12H17NO4/c1-17-12(16)11(13-7-10(15)8-14)9-5-3-2-4-6-9/h2-6,10-11,13-15H,7-8H2,1H3/t10-,11?/m0/s1. The van der Waals surface area contributed by atoms with Crippen molar-refractivity contribution in [1.29, 1.82) is 0 Å². The minimum atomic E-state index is -0.897. The van der Waals surface area contributed by atoms with Crippen molar-refractivity contribution in [3.05, 3.63) is 35.9 Å². The number of carbonyl (C=O) groups excluding carboxylic acids is 1. The van der Waals surface area contributed by atoms with Crippen molar-refractivity contribution >= 4 is 5.97 Å². The molecule has 0 bridgehead atoms. The van der Waals surface area contributed by atoms with Gasteiger partial charge in [0.1, 0.15) is 6.04 Å². The number of carbonyl (C=O) groups is 1. The molecule has 0 saturated carbocycles. The van der Waals surface area contributed by atoms with Gasteiger partial charge in [-0.3, -0.25) is 5.32 Å². The highest BCUT2D eigenvalue weighted by atomic mass is 16.5. The molecule has 1 unspecified atom stereocenters. The Hall–Kier alpha value is -1.43. The van der Waals surface area contributed by atoms with Crippen molar-refractivity contribution in [1.82, 2.24) is 5.32 Å². The van der Waals surface area contributed by atoms with Gasteiger partial charge in [0.25, 0.3) is 0 Å². The zero-order valence-electron chi connectivity index (χ0n) is 9.67. The van der Waals surface area contributed by atoms with Crippen molar-refractivity contribution in [2.75, 3.05) is 20.3 Å². The molecule has 17 heavy (non-hydrogen) atoms. The first-order valence-electron chi connectivity index (χ1n) is 5.34. The van der Waals surface area contributed by atoms with Crippen molar-refractivity contribution < 1.29 is 19.7 Å². The van der Waals surface area contributed by atoms with Gasteiger partial charge >= 0.3 is 5.97 Å². The highest BCUT2D eigenvalue weighted by molar-refractivity contribution is 5.77. The number of methoxy groups -OCH3 is 1. The van der Waals surface area contributed by atoms with E-state index >= 15 is 0 Å². The van der Waals surface area contributed by atoms with Crippen molar-refractivity contribution in [2.45, 2.75) is 12.1 Å². The molecule has 1 aromatic rings. The van der Waals surface area contributed by atoms with Crippen LogP contribution in [0.5, 0.6) is 0 Å². The van der Waals surface area contributed by atoms with Crippen LogP contribution in [0.4, 0.5) is 0 Å². The Balaban J connectivity index is 2.71. The number of ether oxygens (including phenoxy) is 1. The van der Waals surface area contributed by atoms with Gasteiger partial charge in [-0.15, -0.1) is 0 Å². The number of nitrogens with one attached hydrogen (secondary N) is 1. The predicted octanol–water partition coefficient (Wildman–Crippen LogP) is -0.157. The molecule has 0 aliphatic heterocycles. The van der Waals surface area contributed by atoms with Crippen molar-refractivity contribution in [3.63, 3.8) is 0 Å². The van der Waals surface area contributed by atoms with E-state index in [9.17, 15) is 9.90 Å². The van der Waals surface area contributed by atoms with Gasteiger partial charge in [0, 0.05) is 6.54 Å². The molecule has 1 aromatic carbocycles. The molecular formula is C12H17NO4. The molecule has 0 aliphatic rings. The molecule has 5 heteroatoms. The third kappa shape index (κ3) is 4.14. The molecule has 0 aliphatic carbocycles. The summed E-state index contributed by atoms with van der Waals surface area (Å²) in [6, 6.07) is 8.42. The molecule has 0 amide bonds. The van der Waals surface area contributed by atoms with E-state index in [1.54, 1.807) is 12.1 Å². The Bertz CT molecular complexity index is 342. The predicted molar refractivity (Wildman–Crippen MR) is 62.3 cm³/mol. The highest BCUT2D eigenvalue weighted by Gasteiger charge is 2.21. The lowest BCUT2D eigenvalue weighted by molar-refractivity contribution is -0.143. The normalized spacial score (nSPS) is 14.1. The average molecular weight is 239 g/mol. The van der Waals surface area contributed by atoms with Gasteiger partial charge in [0.05, 0.1) is 19.8 Å². The summed E-state index contributed by atoms with van der Waals surface area (Å²) >= 11 is 0. The van der Waals surface area contributed by atoms with E-state index in [-0.39, 0.29) is 13.2 Å². The zero-order valence-corrected chi connectivity index (χ0v) is 9.67. The van der Waals surface area contributed by atoms with Gasteiger partial charge in [-0.2, -0.15) is 0 Å². The van der Waals surface area contributed by atoms with Crippen LogP contribution in [0.2, 0.25) is 0 Å². The van der Waals surface area contributed by atoms with E-state index < -0.39 is 18.1 Å². The Morgan fingerprint density at radius 1 is 1.41 bits per heavy atom. The number of rotatable bonds is 6. The van der Waals surface area contributed by atoms with Crippen LogP contribution in [0.3, 0.4) is 0 Å². The molecule has 2 atom stereocenters. The minimum Gasteiger partial charge on any atom is -0.468 e. The Morgan fingerprint density at radius 2 is 2.06 bits per heavy atom. The van der Waals surface area contributed by atoms with Crippen LogP contribution in [0.25, 0.3) is 0 Å². The average Bonchev–Trinajstić information content (AvgIpc) is 2.39. The number of aliphatic hydroxyl groups is 2. The fourth-order valence-electron chi connectivity index (χ4n) is 1.42. The fraction of sp³-hybridized carbons (Fsp3) is 0.417. The van der Waals surface area contributed by atoms with Gasteiger partial charge in [-0.1, -0.05) is 30.3 Å². The van der Waals surface area contributed by atoms with E-state index in [0.29, 0.717) is 0 Å². The van der Waals surface area contributed by atoms with Gasteiger partial charge < -0.3 is 14.9 Å². The Morgan fingerprint density at radius 3 is 2.59 bits per heavy atom. The lowest BCUT2D eigenvalue weighted by atomic mass is 10.1. The molecule has 5 nitrogen and oxygen atoms in total. The second-order valence-corrected chi connectivity index (χ2v) is 3.61. The monoisotopic (exact) mass is 239 g/mol. The molecular weight excluding hydrogens is 222 g/mol.